The lowest BCUT2D eigenvalue weighted by atomic mass is 10.0. The van der Waals surface area contributed by atoms with E-state index in [2.05, 4.69) is 89.4 Å². The highest BCUT2D eigenvalue weighted by Crippen LogP contribution is 2.19. The highest BCUT2D eigenvalue weighted by atomic mass is 15.3. The molecule has 0 aliphatic carbocycles. The van der Waals surface area contributed by atoms with Crippen molar-refractivity contribution >= 4 is 5.96 Å². The normalized spacial score (nSPS) is 13.0. The fourth-order valence-corrected chi connectivity index (χ4v) is 3.10. The molecule has 2 aromatic rings. The molecule has 0 fully saturated rings. The minimum Gasteiger partial charge on any atom is -0.357 e. The number of likely N-dealkylation sites (N-methyl/N-ethyl adjacent to an activating group) is 1. The van der Waals surface area contributed by atoms with E-state index in [1.165, 1.54) is 11.1 Å². The average molecular weight is 386 g/mol. The van der Waals surface area contributed by atoms with Crippen molar-refractivity contribution in [3.63, 3.8) is 0 Å². The number of nitrogens with zero attached hydrogens (tertiary/aromatic N) is 5. The maximum atomic E-state index is 4.83. The predicted octanol–water partition coefficient (Wildman–Crippen LogP) is 2.26. The molecule has 0 amide bonds. The van der Waals surface area contributed by atoms with E-state index < -0.39 is 0 Å². The Bertz CT molecular complexity index is 719. The van der Waals surface area contributed by atoms with Crippen LogP contribution in [0, 0.1) is 0 Å². The summed E-state index contributed by atoms with van der Waals surface area (Å²) >= 11 is 0. The topological polar surface area (TPSA) is 70.4 Å². The van der Waals surface area contributed by atoms with Crippen LogP contribution in [0.2, 0.25) is 0 Å². The summed E-state index contributed by atoms with van der Waals surface area (Å²) in [6.07, 6.45) is 3.73. The van der Waals surface area contributed by atoms with Gasteiger partial charge in [0.2, 0.25) is 0 Å². The smallest absolute Gasteiger partial charge is 0.191 e. The van der Waals surface area contributed by atoms with Crippen molar-refractivity contribution in [3.8, 4) is 0 Å². The lowest BCUT2D eigenvalue weighted by molar-refractivity contribution is 0.306. The molecule has 2 rings (SSSR count). The minimum absolute atomic E-state index is 0.242. The first kappa shape index (κ1) is 21.9. The standard InChI is InChI=1S/C21H35N7/c1-6-17-9-11-18(12-10-17)19(27(4)5)15-24-21(22-8-3)23-13-14-28-16-25-26-20(28)7-2/h9-12,16,19H,6-8,13-15H2,1-5H3,(H2,22,23,24). The Balaban J connectivity index is 1.99. The largest absolute Gasteiger partial charge is 0.357 e. The van der Waals surface area contributed by atoms with Crippen LogP contribution in [-0.4, -0.2) is 59.4 Å². The van der Waals surface area contributed by atoms with Gasteiger partial charge in [0.25, 0.3) is 0 Å². The van der Waals surface area contributed by atoms with Gasteiger partial charge >= 0.3 is 0 Å². The number of benzene rings is 1. The number of guanidine groups is 1. The van der Waals surface area contributed by atoms with Crippen molar-refractivity contribution in [2.45, 2.75) is 46.2 Å². The van der Waals surface area contributed by atoms with E-state index in [4.69, 9.17) is 4.99 Å². The van der Waals surface area contributed by atoms with Gasteiger partial charge in [-0.2, -0.15) is 0 Å². The molecule has 0 saturated heterocycles. The maximum absolute atomic E-state index is 4.83. The minimum atomic E-state index is 0.242. The molecule has 0 spiro atoms. The third-order valence-electron chi connectivity index (χ3n) is 4.82. The molecule has 2 N–H and O–H groups in total. The molecule has 0 aliphatic rings. The van der Waals surface area contributed by atoms with Crippen LogP contribution in [0.3, 0.4) is 0 Å². The number of hydrogen-bond acceptors (Lipinski definition) is 4. The summed E-state index contributed by atoms with van der Waals surface area (Å²) in [6.45, 7) is 9.47. The third kappa shape index (κ3) is 6.34. The Kier molecular flexibility index (Phi) is 8.94. The fourth-order valence-electron chi connectivity index (χ4n) is 3.10. The zero-order valence-electron chi connectivity index (χ0n) is 17.9. The molecule has 7 heteroatoms. The van der Waals surface area contributed by atoms with Gasteiger partial charge in [-0.05, 0) is 38.6 Å². The van der Waals surface area contributed by atoms with Gasteiger partial charge < -0.3 is 20.1 Å². The van der Waals surface area contributed by atoms with E-state index in [0.29, 0.717) is 6.54 Å². The maximum Gasteiger partial charge on any atom is 0.191 e. The second-order valence-corrected chi connectivity index (χ2v) is 7.02. The molecule has 1 aromatic heterocycles. The van der Waals surface area contributed by atoms with Crippen LogP contribution in [0.25, 0.3) is 0 Å². The Morgan fingerprint density at radius 3 is 2.46 bits per heavy atom. The number of aliphatic imine (C=N–C) groups is 1. The van der Waals surface area contributed by atoms with Crippen molar-refractivity contribution in [2.75, 3.05) is 33.7 Å². The van der Waals surface area contributed by atoms with Crippen LogP contribution < -0.4 is 10.6 Å². The molecule has 28 heavy (non-hydrogen) atoms. The van der Waals surface area contributed by atoms with E-state index in [0.717, 1.165) is 44.3 Å². The first-order valence-electron chi connectivity index (χ1n) is 10.2. The Hall–Kier alpha value is -2.41. The summed E-state index contributed by atoms with van der Waals surface area (Å²) in [5.74, 6) is 1.84. The summed E-state index contributed by atoms with van der Waals surface area (Å²) in [4.78, 5) is 7.05. The van der Waals surface area contributed by atoms with Crippen LogP contribution >= 0.6 is 0 Å². The predicted molar refractivity (Wildman–Crippen MR) is 116 cm³/mol. The zero-order valence-corrected chi connectivity index (χ0v) is 17.9. The van der Waals surface area contributed by atoms with E-state index in [1.807, 2.05) is 0 Å². The molecule has 1 unspecified atom stereocenters. The van der Waals surface area contributed by atoms with Gasteiger partial charge in [-0.1, -0.05) is 38.1 Å². The molecule has 0 saturated carbocycles. The van der Waals surface area contributed by atoms with Gasteiger partial charge in [-0.25, -0.2) is 0 Å². The number of aromatic nitrogens is 3. The SMILES string of the molecule is CCNC(=NCC(c1ccc(CC)cc1)N(C)C)NCCn1cnnc1CC. The van der Waals surface area contributed by atoms with Gasteiger partial charge in [-0.3, -0.25) is 4.99 Å². The van der Waals surface area contributed by atoms with E-state index >= 15 is 0 Å². The van der Waals surface area contributed by atoms with E-state index in [-0.39, 0.29) is 6.04 Å². The number of aryl methyl sites for hydroxylation is 2. The van der Waals surface area contributed by atoms with Gasteiger partial charge in [0.15, 0.2) is 5.96 Å². The molecule has 0 aliphatic heterocycles. The molecular weight excluding hydrogens is 350 g/mol. The Labute approximate surface area is 169 Å². The Morgan fingerprint density at radius 1 is 1.11 bits per heavy atom. The highest BCUT2D eigenvalue weighted by Gasteiger charge is 2.14. The quantitative estimate of drug-likeness (QED) is 0.485. The van der Waals surface area contributed by atoms with Gasteiger partial charge in [0.1, 0.15) is 12.2 Å². The molecule has 7 nitrogen and oxygen atoms in total. The summed E-state index contributed by atoms with van der Waals surface area (Å²) in [5, 5.41) is 14.9. The molecule has 1 atom stereocenters. The van der Waals surface area contributed by atoms with Crippen molar-refractivity contribution in [3.05, 3.63) is 47.5 Å². The highest BCUT2D eigenvalue weighted by molar-refractivity contribution is 5.79. The van der Waals surface area contributed by atoms with Crippen LogP contribution in [-0.2, 0) is 19.4 Å². The number of nitrogens with one attached hydrogen (secondary N) is 2. The van der Waals surface area contributed by atoms with Crippen LogP contribution in [0.4, 0.5) is 0 Å². The molecule has 154 valence electrons. The first-order chi connectivity index (χ1) is 13.6. The van der Waals surface area contributed by atoms with Crippen molar-refractivity contribution in [2.24, 2.45) is 4.99 Å². The third-order valence-corrected chi connectivity index (χ3v) is 4.82. The van der Waals surface area contributed by atoms with E-state index in [1.54, 1.807) is 6.33 Å². The average Bonchev–Trinajstić information content (AvgIpc) is 3.16. The van der Waals surface area contributed by atoms with Gasteiger partial charge in [0.05, 0.1) is 12.6 Å². The number of hydrogen-bond donors (Lipinski definition) is 2. The van der Waals surface area contributed by atoms with Crippen molar-refractivity contribution in [1.82, 2.24) is 30.3 Å². The summed E-state index contributed by atoms with van der Waals surface area (Å²) in [7, 11) is 4.21. The van der Waals surface area contributed by atoms with Gasteiger partial charge in [0, 0.05) is 26.1 Å². The second-order valence-electron chi connectivity index (χ2n) is 7.02. The molecule has 0 radical (unpaired) electrons. The summed E-state index contributed by atoms with van der Waals surface area (Å²) < 4.78 is 2.08. The summed E-state index contributed by atoms with van der Waals surface area (Å²) in [5.41, 5.74) is 2.65. The van der Waals surface area contributed by atoms with Crippen LogP contribution in [0.5, 0.6) is 0 Å². The van der Waals surface area contributed by atoms with Crippen molar-refractivity contribution in [1.29, 1.82) is 0 Å². The van der Waals surface area contributed by atoms with E-state index in [9.17, 15) is 0 Å². The van der Waals surface area contributed by atoms with Crippen LogP contribution in [0.1, 0.15) is 43.8 Å². The molecule has 0 bridgehead atoms. The molecular formula is C21H35N7. The fraction of sp³-hybridized carbons (Fsp3) is 0.571. The lowest BCUT2D eigenvalue weighted by Gasteiger charge is -2.24. The lowest BCUT2D eigenvalue weighted by Crippen LogP contribution is -2.39. The Morgan fingerprint density at radius 2 is 1.86 bits per heavy atom. The zero-order chi connectivity index (χ0) is 20.4. The second kappa shape index (κ2) is 11.4. The van der Waals surface area contributed by atoms with Crippen molar-refractivity contribution < 1.29 is 0 Å². The first-order valence-corrected chi connectivity index (χ1v) is 10.2. The molecule has 1 heterocycles. The number of rotatable bonds is 10. The van der Waals surface area contributed by atoms with Gasteiger partial charge in [-0.15, -0.1) is 10.2 Å². The monoisotopic (exact) mass is 385 g/mol. The summed E-state index contributed by atoms with van der Waals surface area (Å²) in [6, 6.07) is 9.10. The van der Waals surface area contributed by atoms with Crippen LogP contribution in [0.15, 0.2) is 35.6 Å². The molecule has 1 aromatic carbocycles.